The maximum Gasteiger partial charge on any atom is 0.307 e. The van der Waals surface area contributed by atoms with Crippen LogP contribution in [-0.2, 0) is 11.2 Å². The Balaban J connectivity index is 2.66. The van der Waals surface area contributed by atoms with E-state index in [0.29, 0.717) is 6.04 Å². The number of carboxylic acids is 1. The van der Waals surface area contributed by atoms with Gasteiger partial charge in [-0.05, 0) is 16.3 Å². The highest BCUT2D eigenvalue weighted by Gasteiger charge is 2.03. The summed E-state index contributed by atoms with van der Waals surface area (Å²) in [4.78, 5) is 10.7. The third-order valence-corrected chi connectivity index (χ3v) is 2.14. The van der Waals surface area contributed by atoms with Gasteiger partial charge in [0.05, 0.1) is 7.79 Å². The summed E-state index contributed by atoms with van der Waals surface area (Å²) in [5, 5.41) is 10.4. The molecular formula is C12H10O2. The highest BCUT2D eigenvalue weighted by molar-refractivity contribution is 5.88. The van der Waals surface area contributed by atoms with E-state index in [-0.39, 0.29) is 6.42 Å². The second-order valence-electron chi connectivity index (χ2n) is 3.12. The largest absolute Gasteiger partial charge is 0.481 e. The molecule has 0 heterocycles. The second kappa shape index (κ2) is 3.50. The molecule has 0 saturated carbocycles. The van der Waals surface area contributed by atoms with E-state index in [0.717, 1.165) is 16.3 Å². The summed E-state index contributed by atoms with van der Waals surface area (Å²) in [6.07, 6.45) is 0.000787. The van der Waals surface area contributed by atoms with E-state index in [1.54, 1.807) is 12.1 Å². The van der Waals surface area contributed by atoms with Crippen LogP contribution in [0.5, 0.6) is 0 Å². The molecule has 2 nitrogen and oxygen atoms in total. The topological polar surface area (TPSA) is 37.3 Å². The van der Waals surface area contributed by atoms with E-state index in [4.69, 9.17) is 6.48 Å². The molecule has 0 radical (unpaired) electrons. The van der Waals surface area contributed by atoms with Gasteiger partial charge in [0.2, 0.25) is 0 Å². The zero-order valence-corrected chi connectivity index (χ0v) is 7.53. The third kappa shape index (κ3) is 1.59. The fourth-order valence-electron chi connectivity index (χ4n) is 1.53. The molecule has 0 amide bonds. The molecule has 0 aliphatic carbocycles. The summed E-state index contributed by atoms with van der Waals surface area (Å²) >= 11 is 0. The number of fused-ring (bicyclic) bond motifs is 1. The van der Waals surface area contributed by atoms with Gasteiger partial charge in [-0.15, -0.1) is 0 Å². The minimum atomic E-state index is -0.849. The van der Waals surface area contributed by atoms with Crippen molar-refractivity contribution in [2.45, 2.75) is 6.42 Å². The standard InChI is InChI=1S/C12H10O2/c13-12(14)8-10-6-3-5-9-4-1-2-7-11(9)10/h1-7H,8H2,(H,13,14)/i5T. The number of aliphatic carboxylic acids is 1. The molecule has 0 aliphatic heterocycles. The average Bonchev–Trinajstić information content (AvgIpc) is 2.22. The van der Waals surface area contributed by atoms with Crippen molar-refractivity contribution in [3.8, 4) is 0 Å². The van der Waals surface area contributed by atoms with Crippen molar-refractivity contribution in [1.82, 2.24) is 0 Å². The number of hydrogen-bond acceptors (Lipinski definition) is 1. The fourth-order valence-corrected chi connectivity index (χ4v) is 1.53. The Morgan fingerprint density at radius 3 is 2.86 bits per heavy atom. The predicted octanol–water partition coefficient (Wildman–Crippen LogP) is 2.47. The highest BCUT2D eigenvalue weighted by Crippen LogP contribution is 2.18. The van der Waals surface area contributed by atoms with Crippen molar-refractivity contribution in [2.24, 2.45) is 0 Å². The molecule has 0 saturated heterocycles. The molecule has 2 rings (SSSR count). The maximum atomic E-state index is 10.7. The van der Waals surface area contributed by atoms with Crippen molar-refractivity contribution in [1.29, 1.82) is 0 Å². The first-order chi connectivity index (χ1) is 7.18. The first-order valence-electron chi connectivity index (χ1n) is 4.87. The SMILES string of the molecule is [3H]c1ccc(CC(=O)O)c2ccccc12. The number of benzene rings is 2. The van der Waals surface area contributed by atoms with E-state index < -0.39 is 5.97 Å². The van der Waals surface area contributed by atoms with E-state index in [1.807, 2.05) is 24.3 Å². The second-order valence-corrected chi connectivity index (χ2v) is 3.12. The van der Waals surface area contributed by atoms with Gasteiger partial charge >= 0.3 is 5.97 Å². The van der Waals surface area contributed by atoms with Crippen molar-refractivity contribution in [3.63, 3.8) is 0 Å². The van der Waals surface area contributed by atoms with Crippen LogP contribution in [0.25, 0.3) is 10.8 Å². The predicted molar refractivity (Wildman–Crippen MR) is 55.3 cm³/mol. The molecule has 0 fully saturated rings. The van der Waals surface area contributed by atoms with Crippen molar-refractivity contribution < 1.29 is 11.3 Å². The van der Waals surface area contributed by atoms with Crippen LogP contribution in [0.15, 0.2) is 42.4 Å². The molecule has 0 aromatic heterocycles. The lowest BCUT2D eigenvalue weighted by Gasteiger charge is -2.02. The molecule has 2 aromatic carbocycles. The number of carbonyl (C=O) groups is 1. The Kier molecular flexibility index (Phi) is 1.89. The van der Waals surface area contributed by atoms with Gasteiger partial charge in [0.15, 0.2) is 0 Å². The molecule has 14 heavy (non-hydrogen) atoms. The van der Waals surface area contributed by atoms with Crippen LogP contribution < -0.4 is 0 Å². The van der Waals surface area contributed by atoms with Gasteiger partial charge in [-0.2, -0.15) is 0 Å². The fraction of sp³-hybridized carbons (Fsp3) is 0.0833. The number of carboxylic acid groups (broad SMARTS) is 1. The zero-order valence-electron chi connectivity index (χ0n) is 8.53. The Morgan fingerprint density at radius 2 is 2.07 bits per heavy atom. The lowest BCUT2D eigenvalue weighted by atomic mass is 10.0. The monoisotopic (exact) mass is 188 g/mol. The Morgan fingerprint density at radius 1 is 1.29 bits per heavy atom. The van der Waals surface area contributed by atoms with Crippen LogP contribution in [-0.4, -0.2) is 11.1 Å². The van der Waals surface area contributed by atoms with Gasteiger partial charge in [0.25, 0.3) is 0 Å². The molecule has 0 bridgehead atoms. The molecule has 2 heteroatoms. The minimum Gasteiger partial charge on any atom is -0.481 e. The van der Waals surface area contributed by atoms with Crippen molar-refractivity contribution in [3.05, 3.63) is 48.0 Å². The minimum absolute atomic E-state index is 0.000787. The molecule has 70 valence electrons. The molecule has 0 spiro atoms. The van der Waals surface area contributed by atoms with Crippen molar-refractivity contribution >= 4 is 16.7 Å². The lowest BCUT2D eigenvalue weighted by Crippen LogP contribution is -2.00. The third-order valence-electron chi connectivity index (χ3n) is 2.14. The summed E-state index contributed by atoms with van der Waals surface area (Å²) in [6, 6.07) is 11.2. The van der Waals surface area contributed by atoms with Gasteiger partial charge in [-0.3, -0.25) is 4.79 Å². The first kappa shape index (κ1) is 7.56. The van der Waals surface area contributed by atoms with Gasteiger partial charge in [0.1, 0.15) is 0 Å². The normalized spacial score (nSPS) is 11.3. The van der Waals surface area contributed by atoms with E-state index >= 15 is 0 Å². The van der Waals surface area contributed by atoms with Crippen LogP contribution in [0, 0.1) is 0 Å². The Bertz CT molecular complexity index is 520. The number of hydrogen-bond donors (Lipinski definition) is 1. The van der Waals surface area contributed by atoms with Crippen LogP contribution in [0.1, 0.15) is 6.93 Å². The smallest absolute Gasteiger partial charge is 0.307 e. The highest BCUT2D eigenvalue weighted by atomic mass is 16.4. The molecule has 0 aliphatic rings. The van der Waals surface area contributed by atoms with Gasteiger partial charge in [0, 0.05) is 0 Å². The number of rotatable bonds is 2. The molecule has 2 aromatic rings. The summed E-state index contributed by atoms with van der Waals surface area (Å²) < 4.78 is 7.70. The van der Waals surface area contributed by atoms with E-state index in [2.05, 4.69) is 0 Å². The van der Waals surface area contributed by atoms with Crippen LogP contribution in [0.2, 0.25) is 0 Å². The summed E-state index contributed by atoms with van der Waals surface area (Å²) in [6.45, 7) is 0. The van der Waals surface area contributed by atoms with E-state index in [9.17, 15) is 4.79 Å². The Hall–Kier alpha value is -1.83. The molecule has 0 atom stereocenters. The van der Waals surface area contributed by atoms with Gasteiger partial charge < -0.3 is 5.11 Å². The van der Waals surface area contributed by atoms with Crippen LogP contribution in [0.4, 0.5) is 0 Å². The molecule has 0 unspecified atom stereocenters. The molecular weight excluding hydrogens is 176 g/mol. The average molecular weight is 188 g/mol. The Labute approximate surface area is 83.2 Å². The van der Waals surface area contributed by atoms with Gasteiger partial charge in [-0.1, -0.05) is 42.4 Å². The van der Waals surface area contributed by atoms with Crippen molar-refractivity contribution in [2.75, 3.05) is 0 Å². The quantitative estimate of drug-likeness (QED) is 0.786. The summed E-state index contributed by atoms with van der Waals surface area (Å²) in [5.74, 6) is -0.849. The van der Waals surface area contributed by atoms with Crippen LogP contribution in [0.3, 0.4) is 0 Å². The molecule has 1 N–H and O–H groups in total. The summed E-state index contributed by atoms with van der Waals surface area (Å²) in [5.41, 5.74) is 0.758. The van der Waals surface area contributed by atoms with Crippen LogP contribution >= 0.6 is 0 Å². The lowest BCUT2D eigenvalue weighted by molar-refractivity contribution is -0.136. The maximum absolute atomic E-state index is 10.7. The van der Waals surface area contributed by atoms with E-state index in [1.165, 1.54) is 0 Å². The summed E-state index contributed by atoms with van der Waals surface area (Å²) in [7, 11) is 0. The van der Waals surface area contributed by atoms with Gasteiger partial charge in [-0.25, -0.2) is 0 Å². The first-order valence-corrected chi connectivity index (χ1v) is 4.37. The zero-order chi connectivity index (χ0) is 10.8.